The van der Waals surface area contributed by atoms with Crippen LogP contribution in [0, 0.1) is 18.6 Å². The molecule has 5 heteroatoms. The van der Waals surface area contributed by atoms with Crippen molar-refractivity contribution in [2.24, 2.45) is 0 Å². The highest BCUT2D eigenvalue weighted by atomic mass is 19.1. The summed E-state index contributed by atoms with van der Waals surface area (Å²) in [5, 5.41) is 7.60. The van der Waals surface area contributed by atoms with Gasteiger partial charge >= 0.3 is 0 Å². The van der Waals surface area contributed by atoms with Gasteiger partial charge in [-0.2, -0.15) is 5.10 Å². The molecule has 0 aliphatic carbocycles. The zero-order chi connectivity index (χ0) is 14.7. The minimum atomic E-state index is -0.563. The summed E-state index contributed by atoms with van der Waals surface area (Å²) in [6.07, 6.45) is 1.79. The SMILES string of the molecule is Cc1c(CNC(C)C)cnn1Cc1cc(F)cc(F)c1. The van der Waals surface area contributed by atoms with Crippen LogP contribution in [0.1, 0.15) is 30.7 Å². The van der Waals surface area contributed by atoms with Crippen LogP contribution in [0.4, 0.5) is 8.78 Å². The molecule has 0 radical (unpaired) electrons. The molecule has 0 aliphatic rings. The lowest BCUT2D eigenvalue weighted by atomic mass is 10.2. The van der Waals surface area contributed by atoms with E-state index in [1.54, 1.807) is 10.9 Å². The van der Waals surface area contributed by atoms with Gasteiger partial charge in [0, 0.05) is 29.9 Å². The second-order valence-corrected chi connectivity index (χ2v) is 5.23. The van der Waals surface area contributed by atoms with Gasteiger partial charge in [-0.25, -0.2) is 8.78 Å². The third-order valence-electron chi connectivity index (χ3n) is 3.16. The second kappa shape index (κ2) is 6.13. The first kappa shape index (κ1) is 14.7. The van der Waals surface area contributed by atoms with Gasteiger partial charge in [0.2, 0.25) is 0 Å². The first-order valence-corrected chi connectivity index (χ1v) is 6.65. The minimum absolute atomic E-state index is 0.363. The van der Waals surface area contributed by atoms with Crippen molar-refractivity contribution in [2.45, 2.75) is 39.9 Å². The molecule has 2 aromatic rings. The molecule has 1 aromatic heterocycles. The Kier molecular flexibility index (Phi) is 4.49. The average Bonchev–Trinajstić information content (AvgIpc) is 2.67. The first-order valence-electron chi connectivity index (χ1n) is 6.65. The Bertz CT molecular complexity index is 571. The predicted molar refractivity (Wildman–Crippen MR) is 74.4 cm³/mol. The molecule has 0 unspecified atom stereocenters. The van der Waals surface area contributed by atoms with Crippen LogP contribution in [0.25, 0.3) is 0 Å². The monoisotopic (exact) mass is 279 g/mol. The Balaban J connectivity index is 2.13. The van der Waals surface area contributed by atoms with Gasteiger partial charge in [0.05, 0.1) is 12.7 Å². The molecule has 0 spiro atoms. The summed E-state index contributed by atoms with van der Waals surface area (Å²) in [4.78, 5) is 0. The van der Waals surface area contributed by atoms with E-state index in [1.807, 2.05) is 6.92 Å². The largest absolute Gasteiger partial charge is 0.310 e. The average molecular weight is 279 g/mol. The Hall–Kier alpha value is -1.75. The van der Waals surface area contributed by atoms with Crippen molar-refractivity contribution in [1.82, 2.24) is 15.1 Å². The number of hydrogen-bond donors (Lipinski definition) is 1. The van der Waals surface area contributed by atoms with E-state index in [1.165, 1.54) is 12.1 Å². The second-order valence-electron chi connectivity index (χ2n) is 5.23. The Morgan fingerprint density at radius 1 is 1.20 bits per heavy atom. The first-order chi connectivity index (χ1) is 9.45. The fourth-order valence-corrected chi connectivity index (χ4v) is 2.01. The summed E-state index contributed by atoms with van der Waals surface area (Å²) in [5.41, 5.74) is 2.66. The number of halogens is 2. The number of nitrogens with zero attached hydrogens (tertiary/aromatic N) is 2. The van der Waals surface area contributed by atoms with Crippen molar-refractivity contribution in [3.63, 3.8) is 0 Å². The molecule has 0 bridgehead atoms. The number of benzene rings is 1. The summed E-state index contributed by atoms with van der Waals surface area (Å²) in [7, 11) is 0. The normalized spacial score (nSPS) is 11.3. The van der Waals surface area contributed by atoms with Gasteiger partial charge < -0.3 is 5.32 Å². The summed E-state index contributed by atoms with van der Waals surface area (Å²) >= 11 is 0. The lowest BCUT2D eigenvalue weighted by Crippen LogP contribution is -2.22. The molecule has 108 valence electrons. The van der Waals surface area contributed by atoms with Crippen molar-refractivity contribution in [3.05, 3.63) is 52.9 Å². The van der Waals surface area contributed by atoms with Gasteiger partial charge in [0.15, 0.2) is 0 Å². The summed E-state index contributed by atoms with van der Waals surface area (Å²) < 4.78 is 28.1. The van der Waals surface area contributed by atoms with E-state index in [4.69, 9.17) is 0 Å². The quantitative estimate of drug-likeness (QED) is 0.911. The number of rotatable bonds is 5. The maximum atomic E-state index is 13.2. The number of hydrogen-bond acceptors (Lipinski definition) is 2. The maximum Gasteiger partial charge on any atom is 0.126 e. The van der Waals surface area contributed by atoms with Gasteiger partial charge in [-0.1, -0.05) is 13.8 Å². The molecule has 0 atom stereocenters. The van der Waals surface area contributed by atoms with Crippen LogP contribution in [0.2, 0.25) is 0 Å². The van der Waals surface area contributed by atoms with Crippen molar-refractivity contribution in [1.29, 1.82) is 0 Å². The van der Waals surface area contributed by atoms with E-state index in [9.17, 15) is 8.78 Å². The van der Waals surface area contributed by atoms with Gasteiger partial charge in [-0.3, -0.25) is 4.68 Å². The molecule has 0 saturated heterocycles. The van der Waals surface area contributed by atoms with Crippen LogP contribution >= 0.6 is 0 Å². The van der Waals surface area contributed by atoms with E-state index in [0.717, 1.165) is 23.9 Å². The van der Waals surface area contributed by atoms with E-state index in [2.05, 4.69) is 24.3 Å². The molecule has 0 aliphatic heterocycles. The third kappa shape index (κ3) is 3.63. The molecule has 1 aromatic carbocycles. The topological polar surface area (TPSA) is 29.9 Å². The van der Waals surface area contributed by atoms with Crippen LogP contribution < -0.4 is 5.32 Å². The highest BCUT2D eigenvalue weighted by molar-refractivity contribution is 5.21. The Morgan fingerprint density at radius 2 is 1.85 bits per heavy atom. The minimum Gasteiger partial charge on any atom is -0.310 e. The van der Waals surface area contributed by atoms with Crippen molar-refractivity contribution in [2.75, 3.05) is 0 Å². The van der Waals surface area contributed by atoms with Gasteiger partial charge in [0.1, 0.15) is 11.6 Å². The third-order valence-corrected chi connectivity index (χ3v) is 3.16. The fraction of sp³-hybridized carbons (Fsp3) is 0.400. The van der Waals surface area contributed by atoms with E-state index in [0.29, 0.717) is 18.2 Å². The molecule has 0 saturated carbocycles. The summed E-state index contributed by atoms with van der Waals surface area (Å²) in [5.74, 6) is -1.13. The molecule has 1 heterocycles. The standard InChI is InChI=1S/C15H19F2N3/c1-10(2)18-7-13-8-19-20(11(13)3)9-12-4-14(16)6-15(17)5-12/h4-6,8,10,18H,7,9H2,1-3H3. The van der Waals surface area contributed by atoms with Crippen molar-refractivity contribution >= 4 is 0 Å². The predicted octanol–water partition coefficient (Wildman–Crippen LogP) is 3.02. The van der Waals surface area contributed by atoms with Crippen LogP contribution in [-0.4, -0.2) is 15.8 Å². The van der Waals surface area contributed by atoms with Crippen LogP contribution in [0.5, 0.6) is 0 Å². The van der Waals surface area contributed by atoms with Gasteiger partial charge in [-0.15, -0.1) is 0 Å². The summed E-state index contributed by atoms with van der Waals surface area (Å²) in [6, 6.07) is 3.93. The molecule has 0 amide bonds. The summed E-state index contributed by atoms with van der Waals surface area (Å²) in [6.45, 7) is 7.22. The molecule has 1 N–H and O–H groups in total. The molecule has 3 nitrogen and oxygen atoms in total. The van der Waals surface area contributed by atoms with E-state index < -0.39 is 11.6 Å². The number of aromatic nitrogens is 2. The van der Waals surface area contributed by atoms with Gasteiger partial charge in [0.25, 0.3) is 0 Å². The molecular weight excluding hydrogens is 260 g/mol. The molecule has 2 rings (SSSR count). The van der Waals surface area contributed by atoms with E-state index >= 15 is 0 Å². The lowest BCUT2D eigenvalue weighted by Gasteiger charge is -2.09. The Labute approximate surface area is 117 Å². The smallest absolute Gasteiger partial charge is 0.126 e. The maximum absolute atomic E-state index is 13.2. The zero-order valence-corrected chi connectivity index (χ0v) is 12.0. The van der Waals surface area contributed by atoms with Crippen molar-refractivity contribution < 1.29 is 8.78 Å². The molecule has 20 heavy (non-hydrogen) atoms. The highest BCUT2D eigenvalue weighted by Gasteiger charge is 2.08. The highest BCUT2D eigenvalue weighted by Crippen LogP contribution is 2.13. The van der Waals surface area contributed by atoms with Crippen molar-refractivity contribution in [3.8, 4) is 0 Å². The Morgan fingerprint density at radius 3 is 2.45 bits per heavy atom. The van der Waals surface area contributed by atoms with Crippen LogP contribution in [0.15, 0.2) is 24.4 Å². The fourth-order valence-electron chi connectivity index (χ4n) is 2.01. The van der Waals surface area contributed by atoms with E-state index in [-0.39, 0.29) is 0 Å². The molecular formula is C15H19F2N3. The number of nitrogens with one attached hydrogen (secondary N) is 1. The van der Waals surface area contributed by atoms with Gasteiger partial charge in [-0.05, 0) is 24.6 Å². The zero-order valence-electron chi connectivity index (χ0n) is 12.0. The lowest BCUT2D eigenvalue weighted by molar-refractivity contribution is 0.571. The molecule has 0 fully saturated rings. The van der Waals surface area contributed by atoms with Crippen LogP contribution in [-0.2, 0) is 13.1 Å². The van der Waals surface area contributed by atoms with Crippen LogP contribution in [0.3, 0.4) is 0 Å².